The summed E-state index contributed by atoms with van der Waals surface area (Å²) in [7, 11) is 0. The Morgan fingerprint density at radius 1 is 1.71 bits per heavy atom. The van der Waals surface area contributed by atoms with Crippen LogP contribution in [0, 0.1) is 0 Å². The minimum atomic E-state index is -0.997. The van der Waals surface area contributed by atoms with Crippen molar-refractivity contribution in [1.29, 1.82) is 0 Å². The van der Waals surface area contributed by atoms with Crippen LogP contribution in [0.4, 0.5) is 0 Å². The number of nitrogens with two attached hydrogens (primary N) is 1. The van der Waals surface area contributed by atoms with Crippen LogP contribution in [-0.4, -0.2) is 32.0 Å². The molecule has 1 heterocycles. The molecule has 1 aromatic rings. The molecule has 7 nitrogen and oxygen atoms in total. The number of carboxylic acids is 1. The molecule has 0 aromatic carbocycles. The number of carboxylic acid groups (broad SMARTS) is 1. The van der Waals surface area contributed by atoms with Gasteiger partial charge in [0.25, 0.3) is 0 Å². The lowest BCUT2D eigenvalue weighted by atomic mass is 10.3. The minimum Gasteiger partial charge on any atom is -0.481 e. The molecule has 1 amide bonds. The van der Waals surface area contributed by atoms with Crippen LogP contribution in [0.1, 0.15) is 18.7 Å². The number of aromatic nitrogens is 3. The Hall–Kier alpha value is -1.92. The maximum absolute atomic E-state index is 10.7. The van der Waals surface area contributed by atoms with Gasteiger partial charge in [0.15, 0.2) is 0 Å². The maximum Gasteiger partial charge on any atom is 0.309 e. The van der Waals surface area contributed by atoms with Crippen LogP contribution in [0.15, 0.2) is 6.20 Å². The van der Waals surface area contributed by atoms with E-state index in [9.17, 15) is 9.59 Å². The zero-order valence-electron chi connectivity index (χ0n) is 7.54. The van der Waals surface area contributed by atoms with Gasteiger partial charge in [-0.1, -0.05) is 5.21 Å². The highest BCUT2D eigenvalue weighted by Gasteiger charge is 2.13. The molecule has 0 aliphatic rings. The Morgan fingerprint density at radius 3 is 2.86 bits per heavy atom. The molecule has 0 saturated carbocycles. The Balaban J connectivity index is 2.77. The lowest BCUT2D eigenvalue weighted by Crippen LogP contribution is -2.24. The van der Waals surface area contributed by atoms with Gasteiger partial charge in [-0.15, -0.1) is 5.10 Å². The van der Waals surface area contributed by atoms with Gasteiger partial charge in [-0.25, -0.2) is 4.68 Å². The lowest BCUT2D eigenvalue weighted by molar-refractivity contribution is -0.136. The van der Waals surface area contributed by atoms with Crippen LogP contribution < -0.4 is 5.73 Å². The Labute approximate surface area is 79.5 Å². The first kappa shape index (κ1) is 10.2. The van der Waals surface area contributed by atoms with Gasteiger partial charge in [-0.2, -0.15) is 0 Å². The number of rotatable bonds is 4. The summed E-state index contributed by atoms with van der Waals surface area (Å²) in [5.74, 6) is -1.54. The van der Waals surface area contributed by atoms with Crippen LogP contribution in [-0.2, 0) is 16.0 Å². The SMILES string of the molecule is CC(C(N)=O)n1cc(CC(=O)O)nn1. The van der Waals surface area contributed by atoms with E-state index in [0.717, 1.165) is 0 Å². The molecule has 0 saturated heterocycles. The van der Waals surface area contributed by atoms with Gasteiger partial charge < -0.3 is 10.8 Å². The Morgan fingerprint density at radius 2 is 2.36 bits per heavy atom. The third-order valence-electron chi connectivity index (χ3n) is 1.70. The predicted octanol–water partition coefficient (Wildman–Crippen LogP) is -1.05. The number of primary amides is 1. The molecule has 0 fully saturated rings. The predicted molar refractivity (Wildman–Crippen MR) is 45.3 cm³/mol. The van der Waals surface area contributed by atoms with Gasteiger partial charge in [0, 0.05) is 6.20 Å². The van der Waals surface area contributed by atoms with Crippen molar-refractivity contribution in [2.75, 3.05) is 0 Å². The highest BCUT2D eigenvalue weighted by atomic mass is 16.4. The summed E-state index contributed by atoms with van der Waals surface area (Å²) in [4.78, 5) is 21.1. The number of hydrogen-bond acceptors (Lipinski definition) is 4. The summed E-state index contributed by atoms with van der Waals surface area (Å²) in [6, 6.07) is -0.620. The average Bonchev–Trinajstić information content (AvgIpc) is 2.50. The van der Waals surface area contributed by atoms with Crippen molar-refractivity contribution in [3.63, 3.8) is 0 Å². The van der Waals surface area contributed by atoms with Crippen LogP contribution in [0.25, 0.3) is 0 Å². The van der Waals surface area contributed by atoms with Crippen LogP contribution in [0.5, 0.6) is 0 Å². The summed E-state index contributed by atoms with van der Waals surface area (Å²) in [5, 5.41) is 15.6. The van der Waals surface area contributed by atoms with Gasteiger partial charge in [0.2, 0.25) is 5.91 Å². The van der Waals surface area contributed by atoms with E-state index in [1.807, 2.05) is 0 Å². The number of carbonyl (C=O) groups excluding carboxylic acids is 1. The zero-order valence-corrected chi connectivity index (χ0v) is 7.54. The van der Waals surface area contributed by atoms with E-state index < -0.39 is 17.9 Å². The van der Waals surface area contributed by atoms with Crippen molar-refractivity contribution < 1.29 is 14.7 Å². The van der Waals surface area contributed by atoms with Crippen molar-refractivity contribution in [2.45, 2.75) is 19.4 Å². The number of hydrogen-bond donors (Lipinski definition) is 2. The molecular weight excluding hydrogens is 188 g/mol. The van der Waals surface area contributed by atoms with Crippen molar-refractivity contribution in [1.82, 2.24) is 15.0 Å². The smallest absolute Gasteiger partial charge is 0.309 e. The first-order valence-electron chi connectivity index (χ1n) is 3.92. The van der Waals surface area contributed by atoms with E-state index in [4.69, 9.17) is 10.8 Å². The fraction of sp³-hybridized carbons (Fsp3) is 0.429. The van der Waals surface area contributed by atoms with Gasteiger partial charge >= 0.3 is 5.97 Å². The second-order valence-corrected chi connectivity index (χ2v) is 2.84. The van der Waals surface area contributed by atoms with Crippen LogP contribution in [0.3, 0.4) is 0 Å². The summed E-state index contributed by atoms with van der Waals surface area (Å²) < 4.78 is 1.24. The number of nitrogens with zero attached hydrogens (tertiary/aromatic N) is 3. The van der Waals surface area contributed by atoms with Gasteiger partial charge in [-0.3, -0.25) is 9.59 Å². The molecular formula is C7H10N4O3. The largest absolute Gasteiger partial charge is 0.481 e. The molecule has 0 spiro atoms. The monoisotopic (exact) mass is 198 g/mol. The van der Waals surface area contributed by atoms with E-state index in [2.05, 4.69) is 10.3 Å². The lowest BCUT2D eigenvalue weighted by Gasteiger charge is -2.04. The number of amides is 1. The quantitative estimate of drug-likeness (QED) is 0.641. The Bertz CT molecular complexity index is 360. The molecule has 0 aliphatic heterocycles. The molecule has 1 unspecified atom stereocenters. The highest BCUT2D eigenvalue weighted by molar-refractivity contribution is 5.77. The van der Waals surface area contributed by atoms with E-state index in [-0.39, 0.29) is 6.42 Å². The molecule has 0 aliphatic carbocycles. The molecule has 0 radical (unpaired) electrons. The van der Waals surface area contributed by atoms with E-state index in [0.29, 0.717) is 5.69 Å². The summed E-state index contributed by atoms with van der Waals surface area (Å²) in [6.07, 6.45) is 1.18. The summed E-state index contributed by atoms with van der Waals surface area (Å²) >= 11 is 0. The first-order valence-corrected chi connectivity index (χ1v) is 3.92. The van der Waals surface area contributed by atoms with E-state index in [1.165, 1.54) is 10.9 Å². The van der Waals surface area contributed by atoms with Crippen molar-refractivity contribution in [2.24, 2.45) is 5.73 Å². The normalized spacial score (nSPS) is 12.4. The minimum absolute atomic E-state index is 0.217. The number of carbonyl (C=O) groups is 2. The van der Waals surface area contributed by atoms with E-state index >= 15 is 0 Å². The second kappa shape index (κ2) is 3.86. The third-order valence-corrected chi connectivity index (χ3v) is 1.70. The standard InChI is InChI=1S/C7H10N4O3/c1-4(7(8)14)11-3-5(9-10-11)2-6(12)13/h3-4H,2H2,1H3,(H2,8,14)(H,12,13). The zero-order chi connectivity index (χ0) is 10.7. The molecule has 1 atom stereocenters. The molecule has 3 N–H and O–H groups in total. The Kier molecular flexibility index (Phi) is 2.80. The van der Waals surface area contributed by atoms with Crippen molar-refractivity contribution >= 4 is 11.9 Å². The molecule has 14 heavy (non-hydrogen) atoms. The van der Waals surface area contributed by atoms with Crippen molar-refractivity contribution in [3.05, 3.63) is 11.9 Å². The molecule has 7 heteroatoms. The maximum atomic E-state index is 10.7. The van der Waals surface area contributed by atoms with E-state index in [1.54, 1.807) is 6.92 Å². The fourth-order valence-electron chi connectivity index (χ4n) is 0.869. The van der Waals surface area contributed by atoms with Crippen LogP contribution >= 0.6 is 0 Å². The summed E-state index contributed by atoms with van der Waals surface area (Å²) in [5.41, 5.74) is 5.33. The van der Waals surface area contributed by atoms with Crippen molar-refractivity contribution in [3.8, 4) is 0 Å². The first-order chi connectivity index (χ1) is 6.50. The topological polar surface area (TPSA) is 111 Å². The highest BCUT2D eigenvalue weighted by Crippen LogP contribution is 2.03. The number of aliphatic carboxylic acids is 1. The summed E-state index contributed by atoms with van der Waals surface area (Å²) in [6.45, 7) is 1.56. The third kappa shape index (κ3) is 2.28. The van der Waals surface area contributed by atoms with Gasteiger partial charge in [-0.05, 0) is 6.92 Å². The molecule has 0 bridgehead atoms. The average molecular weight is 198 g/mol. The molecule has 1 aromatic heterocycles. The fourth-order valence-corrected chi connectivity index (χ4v) is 0.869. The van der Waals surface area contributed by atoms with Crippen LogP contribution in [0.2, 0.25) is 0 Å². The molecule has 1 rings (SSSR count). The second-order valence-electron chi connectivity index (χ2n) is 2.84. The van der Waals surface area contributed by atoms with Gasteiger partial charge in [0.05, 0.1) is 12.1 Å². The molecule has 76 valence electrons. The van der Waals surface area contributed by atoms with Gasteiger partial charge in [0.1, 0.15) is 6.04 Å².